The van der Waals surface area contributed by atoms with E-state index >= 15 is 0 Å². The van der Waals surface area contributed by atoms with E-state index in [9.17, 15) is 4.79 Å². The second-order valence-corrected chi connectivity index (χ2v) is 5.66. The van der Waals surface area contributed by atoms with Gasteiger partial charge in [-0.25, -0.2) is 0 Å². The van der Waals surface area contributed by atoms with E-state index in [0.29, 0.717) is 6.04 Å². The largest absolute Gasteiger partial charge is 0.336 e. The molecule has 0 saturated heterocycles. The lowest BCUT2D eigenvalue weighted by atomic mass is 10.1. The minimum Gasteiger partial charge on any atom is -0.336 e. The smallest absolute Gasteiger partial charge is 0.254 e. The molecular weight excluding hydrogens is 278 g/mol. The van der Waals surface area contributed by atoms with Gasteiger partial charge >= 0.3 is 0 Å². The van der Waals surface area contributed by atoms with Crippen molar-refractivity contribution in [3.63, 3.8) is 0 Å². The Balaban J connectivity index is 2.21. The number of amides is 1. The third kappa shape index (κ3) is 3.09. The van der Waals surface area contributed by atoms with Crippen molar-refractivity contribution in [1.82, 2.24) is 4.90 Å². The maximum Gasteiger partial charge on any atom is 0.254 e. The summed E-state index contributed by atoms with van der Waals surface area (Å²) >= 11 is 3.45. The minimum atomic E-state index is 0.179. The molecule has 2 nitrogen and oxygen atoms in total. The van der Waals surface area contributed by atoms with Crippen LogP contribution in [0.25, 0.3) is 0 Å². The Labute approximate surface area is 111 Å². The van der Waals surface area contributed by atoms with Gasteiger partial charge in [0.15, 0.2) is 0 Å². The summed E-state index contributed by atoms with van der Waals surface area (Å²) in [5, 5.41) is 0. The van der Waals surface area contributed by atoms with Gasteiger partial charge in [-0.2, -0.15) is 0 Å². The Hall–Kier alpha value is -0.830. The zero-order valence-electron chi connectivity index (χ0n) is 10.4. The molecule has 1 aliphatic rings. The van der Waals surface area contributed by atoms with Gasteiger partial charge in [0.1, 0.15) is 0 Å². The van der Waals surface area contributed by atoms with Crippen molar-refractivity contribution in [3.05, 3.63) is 33.8 Å². The van der Waals surface area contributed by atoms with Crippen LogP contribution < -0.4 is 0 Å². The van der Waals surface area contributed by atoms with E-state index in [1.165, 1.54) is 12.8 Å². The van der Waals surface area contributed by atoms with Gasteiger partial charge in [0.2, 0.25) is 0 Å². The van der Waals surface area contributed by atoms with Crippen LogP contribution >= 0.6 is 15.9 Å². The Kier molecular flexibility index (Phi) is 3.87. The highest BCUT2D eigenvalue weighted by molar-refractivity contribution is 9.10. The summed E-state index contributed by atoms with van der Waals surface area (Å²) < 4.78 is 0.980. The van der Waals surface area contributed by atoms with Crippen LogP contribution in [0.2, 0.25) is 0 Å². The second-order valence-electron chi connectivity index (χ2n) is 4.75. The third-order valence-corrected chi connectivity index (χ3v) is 3.46. The number of hydrogen-bond acceptors (Lipinski definition) is 1. The molecule has 1 amide bonds. The summed E-state index contributed by atoms with van der Waals surface area (Å²) in [6.45, 7) is 5.01. The molecule has 2 rings (SSSR count). The zero-order chi connectivity index (χ0) is 12.4. The van der Waals surface area contributed by atoms with Crippen LogP contribution in [0.5, 0.6) is 0 Å². The standard InChI is InChI=1S/C14H18BrNO/c1-3-6-16(13-4-5-13)14(17)11-7-10(2)8-12(15)9-11/h7-9,13H,3-6H2,1-2H3. The monoisotopic (exact) mass is 295 g/mol. The summed E-state index contributed by atoms with van der Waals surface area (Å²) in [4.78, 5) is 14.5. The summed E-state index contributed by atoms with van der Waals surface area (Å²) in [6, 6.07) is 6.40. The molecule has 0 aliphatic heterocycles. The lowest BCUT2D eigenvalue weighted by Gasteiger charge is -2.22. The van der Waals surface area contributed by atoms with Crippen molar-refractivity contribution in [3.8, 4) is 0 Å². The van der Waals surface area contributed by atoms with E-state index in [1.807, 2.05) is 30.0 Å². The van der Waals surface area contributed by atoms with Gasteiger partial charge < -0.3 is 4.90 Å². The van der Waals surface area contributed by atoms with Gasteiger partial charge in [0, 0.05) is 22.6 Å². The summed E-state index contributed by atoms with van der Waals surface area (Å²) in [5.41, 5.74) is 1.92. The van der Waals surface area contributed by atoms with Crippen LogP contribution in [-0.4, -0.2) is 23.4 Å². The molecule has 0 spiro atoms. The molecule has 0 bridgehead atoms. The lowest BCUT2D eigenvalue weighted by Crippen LogP contribution is -2.33. The molecule has 0 N–H and O–H groups in total. The molecule has 0 aromatic heterocycles. The number of aryl methyl sites for hydroxylation is 1. The predicted octanol–water partition coefficient (Wildman–Crippen LogP) is 3.77. The average Bonchev–Trinajstić information content (AvgIpc) is 3.07. The molecule has 1 saturated carbocycles. The molecule has 0 atom stereocenters. The SMILES string of the molecule is CCCN(C(=O)c1cc(C)cc(Br)c1)C1CC1. The molecule has 0 heterocycles. The Morgan fingerprint density at radius 1 is 1.41 bits per heavy atom. The van der Waals surface area contributed by atoms with Gasteiger partial charge in [-0.3, -0.25) is 4.79 Å². The van der Waals surface area contributed by atoms with Crippen LogP contribution in [0.1, 0.15) is 42.1 Å². The van der Waals surface area contributed by atoms with Gasteiger partial charge in [0.05, 0.1) is 0 Å². The first-order chi connectivity index (χ1) is 8.11. The van der Waals surface area contributed by atoms with Crippen molar-refractivity contribution >= 4 is 21.8 Å². The van der Waals surface area contributed by atoms with Gasteiger partial charge in [-0.1, -0.05) is 22.9 Å². The molecule has 0 radical (unpaired) electrons. The van der Waals surface area contributed by atoms with Crippen molar-refractivity contribution in [2.24, 2.45) is 0 Å². The van der Waals surface area contributed by atoms with Crippen LogP contribution in [0.4, 0.5) is 0 Å². The highest BCUT2D eigenvalue weighted by Crippen LogP contribution is 2.29. The number of carbonyl (C=O) groups excluding carboxylic acids is 1. The van der Waals surface area contributed by atoms with E-state index in [4.69, 9.17) is 0 Å². The van der Waals surface area contributed by atoms with Crippen LogP contribution in [0.15, 0.2) is 22.7 Å². The Bertz CT molecular complexity index is 406. The highest BCUT2D eigenvalue weighted by atomic mass is 79.9. The fourth-order valence-corrected chi connectivity index (χ4v) is 2.71. The summed E-state index contributed by atoms with van der Waals surface area (Å²) in [7, 11) is 0. The van der Waals surface area contributed by atoms with Gasteiger partial charge in [-0.15, -0.1) is 0 Å². The molecule has 0 unspecified atom stereocenters. The topological polar surface area (TPSA) is 20.3 Å². The van der Waals surface area contributed by atoms with Gasteiger partial charge in [0.25, 0.3) is 5.91 Å². The molecule has 1 fully saturated rings. The first kappa shape index (κ1) is 12.6. The predicted molar refractivity (Wildman–Crippen MR) is 73.2 cm³/mol. The number of nitrogens with zero attached hydrogens (tertiary/aromatic N) is 1. The fraction of sp³-hybridized carbons (Fsp3) is 0.500. The van der Waals surface area contributed by atoms with Crippen molar-refractivity contribution in [1.29, 1.82) is 0 Å². The fourth-order valence-electron chi connectivity index (χ4n) is 2.10. The molecule has 92 valence electrons. The van der Waals surface area contributed by atoms with Crippen LogP contribution in [0.3, 0.4) is 0 Å². The van der Waals surface area contributed by atoms with E-state index in [1.54, 1.807) is 0 Å². The third-order valence-electron chi connectivity index (χ3n) is 3.00. The minimum absolute atomic E-state index is 0.179. The molecule has 1 aliphatic carbocycles. The molecule has 3 heteroatoms. The number of halogens is 1. The summed E-state index contributed by atoms with van der Waals surface area (Å²) in [5.74, 6) is 0.179. The lowest BCUT2D eigenvalue weighted by molar-refractivity contribution is 0.0743. The maximum absolute atomic E-state index is 12.4. The number of benzene rings is 1. The Morgan fingerprint density at radius 3 is 2.65 bits per heavy atom. The van der Waals surface area contributed by atoms with Crippen LogP contribution in [0, 0.1) is 6.92 Å². The summed E-state index contributed by atoms with van der Waals surface area (Å²) in [6.07, 6.45) is 3.35. The quantitative estimate of drug-likeness (QED) is 0.828. The van der Waals surface area contributed by atoms with E-state index < -0.39 is 0 Å². The van der Waals surface area contributed by atoms with Crippen molar-refractivity contribution < 1.29 is 4.79 Å². The van der Waals surface area contributed by atoms with Crippen LogP contribution in [-0.2, 0) is 0 Å². The average molecular weight is 296 g/mol. The van der Waals surface area contributed by atoms with E-state index in [2.05, 4.69) is 22.9 Å². The number of carbonyl (C=O) groups is 1. The second kappa shape index (κ2) is 5.21. The zero-order valence-corrected chi connectivity index (χ0v) is 12.0. The highest BCUT2D eigenvalue weighted by Gasteiger charge is 2.32. The van der Waals surface area contributed by atoms with Crippen molar-refractivity contribution in [2.45, 2.75) is 39.2 Å². The van der Waals surface area contributed by atoms with E-state index in [-0.39, 0.29) is 5.91 Å². The maximum atomic E-state index is 12.4. The number of hydrogen-bond donors (Lipinski definition) is 0. The van der Waals surface area contributed by atoms with Crippen molar-refractivity contribution in [2.75, 3.05) is 6.54 Å². The molecule has 17 heavy (non-hydrogen) atoms. The van der Waals surface area contributed by atoms with E-state index in [0.717, 1.165) is 28.6 Å². The molecule has 1 aromatic carbocycles. The normalized spacial score (nSPS) is 14.8. The first-order valence-electron chi connectivity index (χ1n) is 6.20. The molecular formula is C14H18BrNO. The van der Waals surface area contributed by atoms with Gasteiger partial charge in [-0.05, 0) is 49.9 Å². The molecule has 1 aromatic rings. The first-order valence-corrected chi connectivity index (χ1v) is 6.99. The number of rotatable bonds is 4. The Morgan fingerprint density at radius 2 is 2.12 bits per heavy atom.